The molecule has 162 valence electrons. The molecule has 0 unspecified atom stereocenters. The van der Waals surface area contributed by atoms with E-state index in [9.17, 15) is 4.79 Å². The Morgan fingerprint density at radius 1 is 1.00 bits per heavy atom. The predicted octanol–water partition coefficient (Wildman–Crippen LogP) is 4.68. The average Bonchev–Trinajstić information content (AvgIpc) is 2.73. The molecule has 1 aromatic carbocycles. The van der Waals surface area contributed by atoms with Gasteiger partial charge in [0.05, 0.1) is 7.11 Å². The fourth-order valence-corrected chi connectivity index (χ4v) is 4.03. The van der Waals surface area contributed by atoms with Crippen LogP contribution in [0.15, 0.2) is 30.6 Å². The summed E-state index contributed by atoms with van der Waals surface area (Å²) in [6, 6.07) is 7.14. The van der Waals surface area contributed by atoms with Crippen LogP contribution in [-0.2, 0) is 11.3 Å². The van der Waals surface area contributed by atoms with Crippen LogP contribution < -0.4 is 9.64 Å². The Hall–Kier alpha value is -2.47. The van der Waals surface area contributed by atoms with Gasteiger partial charge in [0, 0.05) is 49.7 Å². The molecule has 1 amide bonds. The highest BCUT2D eigenvalue weighted by atomic mass is 16.5. The lowest BCUT2D eigenvalue weighted by atomic mass is 10.0. The number of rotatable bonds is 3. The van der Waals surface area contributed by atoms with Crippen molar-refractivity contribution in [1.82, 2.24) is 14.9 Å². The minimum atomic E-state index is 0.102. The highest BCUT2D eigenvalue weighted by Crippen LogP contribution is 2.30. The second kappa shape index (κ2) is 10.5. The Morgan fingerprint density at radius 3 is 2.30 bits per heavy atom. The van der Waals surface area contributed by atoms with Crippen molar-refractivity contribution < 1.29 is 9.53 Å². The van der Waals surface area contributed by atoms with Crippen LogP contribution in [0.1, 0.15) is 58.4 Å². The number of aromatic nitrogens is 2. The lowest BCUT2D eigenvalue weighted by Crippen LogP contribution is -2.34. The summed E-state index contributed by atoms with van der Waals surface area (Å²) in [4.78, 5) is 25.4. The van der Waals surface area contributed by atoms with Crippen LogP contribution >= 0.6 is 0 Å². The zero-order chi connectivity index (χ0) is 21.5. The number of nitrogens with zero attached hydrogens (tertiary/aromatic N) is 4. The topological polar surface area (TPSA) is 58.6 Å². The summed E-state index contributed by atoms with van der Waals surface area (Å²) in [5.41, 5.74) is 4.19. The lowest BCUT2D eigenvalue weighted by Gasteiger charge is -2.31. The summed E-state index contributed by atoms with van der Waals surface area (Å²) < 4.78 is 5.08. The maximum atomic E-state index is 12.5. The second-order valence-corrected chi connectivity index (χ2v) is 8.30. The van der Waals surface area contributed by atoms with Crippen molar-refractivity contribution in [2.24, 2.45) is 0 Å². The van der Waals surface area contributed by atoms with Crippen LogP contribution in [0.3, 0.4) is 0 Å². The van der Waals surface area contributed by atoms with Gasteiger partial charge >= 0.3 is 6.01 Å². The molecule has 0 saturated heterocycles. The third-order valence-corrected chi connectivity index (χ3v) is 5.83. The van der Waals surface area contributed by atoms with Gasteiger partial charge < -0.3 is 9.64 Å². The third kappa shape index (κ3) is 5.57. The van der Waals surface area contributed by atoms with Gasteiger partial charge in [-0.2, -0.15) is 0 Å². The molecule has 0 aliphatic carbocycles. The van der Waals surface area contributed by atoms with Gasteiger partial charge in [0.15, 0.2) is 0 Å². The normalized spacial score (nSPS) is 16.5. The average molecular weight is 411 g/mol. The number of amides is 1. The van der Waals surface area contributed by atoms with Crippen molar-refractivity contribution >= 4 is 11.6 Å². The second-order valence-electron chi connectivity index (χ2n) is 8.30. The Kier molecular flexibility index (Phi) is 7.80. The molecule has 0 radical (unpaired) electrons. The molecule has 6 heteroatoms. The van der Waals surface area contributed by atoms with Crippen LogP contribution in [-0.4, -0.2) is 47.0 Å². The quantitative estimate of drug-likeness (QED) is 0.735. The van der Waals surface area contributed by atoms with Crippen LogP contribution in [0, 0.1) is 0 Å². The van der Waals surface area contributed by atoms with Gasteiger partial charge in [-0.1, -0.05) is 25.3 Å². The highest BCUT2D eigenvalue weighted by molar-refractivity contribution is 5.92. The largest absolute Gasteiger partial charge is 0.467 e. The first-order chi connectivity index (χ1) is 14.5. The summed E-state index contributed by atoms with van der Waals surface area (Å²) in [6.07, 6.45) is 9.48. The van der Waals surface area contributed by atoms with E-state index in [0.717, 1.165) is 42.9 Å². The van der Waals surface area contributed by atoms with Crippen molar-refractivity contribution in [3.63, 3.8) is 0 Å². The van der Waals surface area contributed by atoms with Gasteiger partial charge in [0.1, 0.15) is 0 Å². The molecule has 0 N–H and O–H groups in total. The maximum absolute atomic E-state index is 12.5. The molecule has 0 atom stereocenters. The van der Waals surface area contributed by atoms with E-state index in [-0.39, 0.29) is 5.91 Å². The lowest BCUT2D eigenvalue weighted by molar-refractivity contribution is -0.116. The fraction of sp³-hybridized carbons (Fsp3) is 0.542. The zero-order valence-electron chi connectivity index (χ0n) is 18.7. The minimum absolute atomic E-state index is 0.102. The van der Waals surface area contributed by atoms with Crippen LogP contribution in [0.5, 0.6) is 6.01 Å². The van der Waals surface area contributed by atoms with Gasteiger partial charge in [-0.3, -0.25) is 9.69 Å². The van der Waals surface area contributed by atoms with Crippen molar-refractivity contribution in [3.05, 3.63) is 36.2 Å². The standard InChI is InChI=1S/C24H34N4O2/c1-18(2)27-12-8-6-5-7-9-13-28(19(3)29)23-11-10-20(14-21(23)17-27)22-15-25-24(30-4)26-16-22/h10-11,14-16,18H,5-9,12-13,17H2,1-4H3. The molecule has 1 aliphatic heterocycles. The zero-order valence-corrected chi connectivity index (χ0v) is 18.7. The number of methoxy groups -OCH3 is 1. The molecule has 1 aliphatic rings. The molecular formula is C24H34N4O2. The predicted molar refractivity (Wildman–Crippen MR) is 121 cm³/mol. The van der Waals surface area contributed by atoms with Crippen molar-refractivity contribution in [1.29, 1.82) is 0 Å². The van der Waals surface area contributed by atoms with E-state index in [4.69, 9.17) is 4.74 Å². The first-order valence-electron chi connectivity index (χ1n) is 11.0. The number of hydrogen-bond donors (Lipinski definition) is 0. The molecule has 1 aromatic heterocycles. The van der Waals surface area contributed by atoms with Gasteiger partial charge in [-0.15, -0.1) is 0 Å². The van der Waals surface area contributed by atoms with Gasteiger partial charge in [0.2, 0.25) is 5.91 Å². The summed E-state index contributed by atoms with van der Waals surface area (Å²) >= 11 is 0. The number of ether oxygens (including phenoxy) is 1. The van der Waals surface area contributed by atoms with Gasteiger partial charge in [0.25, 0.3) is 0 Å². The maximum Gasteiger partial charge on any atom is 0.316 e. The van der Waals surface area contributed by atoms with Crippen LogP contribution in [0.25, 0.3) is 11.1 Å². The molecule has 0 fully saturated rings. The Bertz CT molecular complexity index is 836. The van der Waals surface area contributed by atoms with Crippen molar-refractivity contribution in [3.8, 4) is 17.1 Å². The molecule has 30 heavy (non-hydrogen) atoms. The molecule has 0 saturated carbocycles. The minimum Gasteiger partial charge on any atom is -0.467 e. The highest BCUT2D eigenvalue weighted by Gasteiger charge is 2.20. The van der Waals surface area contributed by atoms with E-state index in [2.05, 4.69) is 46.9 Å². The molecular weight excluding hydrogens is 376 g/mol. The molecule has 0 spiro atoms. The number of carbonyl (C=O) groups is 1. The monoisotopic (exact) mass is 410 g/mol. The third-order valence-electron chi connectivity index (χ3n) is 5.83. The summed E-state index contributed by atoms with van der Waals surface area (Å²) in [6.45, 7) is 8.83. The molecule has 2 heterocycles. The SMILES string of the molecule is COc1ncc(-c2ccc3c(c2)CN(C(C)C)CCCCCCCN3C(C)=O)cn1. The first kappa shape index (κ1) is 22.2. The van der Waals surface area contributed by atoms with E-state index in [0.29, 0.717) is 12.1 Å². The summed E-state index contributed by atoms with van der Waals surface area (Å²) in [5.74, 6) is 0.102. The smallest absolute Gasteiger partial charge is 0.316 e. The molecule has 6 nitrogen and oxygen atoms in total. The molecule has 2 aromatic rings. The molecule has 0 bridgehead atoms. The number of benzene rings is 1. The number of hydrogen-bond acceptors (Lipinski definition) is 5. The van der Waals surface area contributed by atoms with E-state index in [1.807, 2.05) is 4.90 Å². The van der Waals surface area contributed by atoms with Crippen LogP contribution in [0.2, 0.25) is 0 Å². The van der Waals surface area contributed by atoms with E-state index >= 15 is 0 Å². The van der Waals surface area contributed by atoms with E-state index in [1.165, 1.54) is 31.2 Å². The number of fused-ring (bicyclic) bond motifs is 1. The van der Waals surface area contributed by atoms with Gasteiger partial charge in [-0.05, 0) is 56.5 Å². The van der Waals surface area contributed by atoms with Crippen LogP contribution in [0.4, 0.5) is 5.69 Å². The van der Waals surface area contributed by atoms with Crippen molar-refractivity contribution in [2.45, 2.75) is 65.5 Å². The first-order valence-corrected chi connectivity index (χ1v) is 11.0. The Labute approximate surface area is 180 Å². The van der Waals surface area contributed by atoms with Gasteiger partial charge in [-0.25, -0.2) is 9.97 Å². The number of anilines is 1. The number of carbonyl (C=O) groups excluding carboxylic acids is 1. The van der Waals surface area contributed by atoms with E-state index in [1.54, 1.807) is 26.4 Å². The summed E-state index contributed by atoms with van der Waals surface area (Å²) in [7, 11) is 1.56. The van der Waals surface area contributed by atoms with E-state index < -0.39 is 0 Å². The fourth-order valence-electron chi connectivity index (χ4n) is 4.03. The Morgan fingerprint density at radius 2 is 1.67 bits per heavy atom. The Balaban J connectivity index is 2.02. The molecule has 3 rings (SSSR count). The summed E-state index contributed by atoms with van der Waals surface area (Å²) in [5, 5.41) is 0. The van der Waals surface area contributed by atoms with Crippen molar-refractivity contribution in [2.75, 3.05) is 25.1 Å².